The Labute approximate surface area is 360 Å². The van der Waals surface area contributed by atoms with E-state index in [-0.39, 0.29) is 0 Å². The van der Waals surface area contributed by atoms with Gasteiger partial charge in [-0.3, -0.25) is 9.55 Å². The van der Waals surface area contributed by atoms with Gasteiger partial charge in [0.1, 0.15) is 17.0 Å². The summed E-state index contributed by atoms with van der Waals surface area (Å²) in [6.07, 6.45) is 3.65. The maximum atomic E-state index is 6.14. The Morgan fingerprint density at radius 2 is 0.952 bits per heavy atom. The molecule has 0 N–H and O–H groups in total. The molecule has 0 aliphatic heterocycles. The minimum absolute atomic E-state index is 0.681. The largest absolute Gasteiger partial charge is 0.456 e. The summed E-state index contributed by atoms with van der Waals surface area (Å²) in [5.41, 5.74) is 13.9. The van der Waals surface area contributed by atoms with Crippen molar-refractivity contribution in [2.45, 2.75) is 0 Å². The van der Waals surface area contributed by atoms with Crippen molar-refractivity contribution < 1.29 is 4.42 Å². The van der Waals surface area contributed by atoms with Crippen molar-refractivity contribution in [1.82, 2.24) is 29.1 Å². The Hall–Kier alpha value is -8.68. The molecular formula is C56H34N6O. The number of benzene rings is 7. The van der Waals surface area contributed by atoms with E-state index in [1.54, 1.807) is 6.20 Å². The van der Waals surface area contributed by atoms with Crippen LogP contribution in [0, 0.1) is 0 Å². The summed E-state index contributed by atoms with van der Waals surface area (Å²) in [5.74, 6) is 1.49. The molecule has 7 nitrogen and oxygen atoms in total. The number of furan rings is 1. The van der Waals surface area contributed by atoms with Crippen LogP contribution < -0.4 is 0 Å². The number of hydrogen-bond acceptors (Lipinski definition) is 5. The summed E-state index contributed by atoms with van der Waals surface area (Å²) in [5, 5.41) is 6.67. The summed E-state index contributed by atoms with van der Waals surface area (Å²) < 4.78 is 10.7. The molecular weight excluding hydrogens is 773 g/mol. The van der Waals surface area contributed by atoms with Gasteiger partial charge < -0.3 is 8.98 Å². The van der Waals surface area contributed by atoms with E-state index in [0.717, 1.165) is 106 Å². The van der Waals surface area contributed by atoms with Crippen LogP contribution in [-0.2, 0) is 0 Å². The first-order chi connectivity index (χ1) is 31.2. The van der Waals surface area contributed by atoms with Crippen LogP contribution >= 0.6 is 0 Å². The van der Waals surface area contributed by atoms with Gasteiger partial charge >= 0.3 is 0 Å². The fraction of sp³-hybridized carbons (Fsp3) is 0. The second-order valence-corrected chi connectivity index (χ2v) is 15.9. The predicted molar refractivity (Wildman–Crippen MR) is 255 cm³/mol. The zero-order chi connectivity index (χ0) is 41.4. The number of hydrogen-bond donors (Lipinski definition) is 0. The molecule has 7 aromatic carbocycles. The third kappa shape index (κ3) is 5.67. The van der Waals surface area contributed by atoms with E-state index < -0.39 is 0 Å². The van der Waals surface area contributed by atoms with E-state index in [9.17, 15) is 0 Å². The second-order valence-electron chi connectivity index (χ2n) is 15.9. The number of rotatable bonds is 6. The second kappa shape index (κ2) is 13.9. The van der Waals surface area contributed by atoms with Gasteiger partial charge in [0, 0.05) is 78.7 Å². The first kappa shape index (κ1) is 35.1. The lowest BCUT2D eigenvalue weighted by Gasteiger charge is -2.12. The SMILES string of the molecule is c1ccc(-c2cc(-n3c4ccccc4c4cc(-c5cccc(-c6ccc7c(c6)c6ccccc6n7-c6ccc7oc8ccncc8c7c6)n5)ccc43)nc(-c3ccccc3)n2)cc1. The fourth-order valence-electron chi connectivity index (χ4n) is 9.32. The molecule has 0 aliphatic carbocycles. The Balaban J connectivity index is 0.920. The van der Waals surface area contributed by atoms with Crippen molar-refractivity contribution in [3.63, 3.8) is 0 Å². The Morgan fingerprint density at radius 3 is 1.67 bits per heavy atom. The van der Waals surface area contributed by atoms with Gasteiger partial charge in [-0.25, -0.2) is 15.0 Å². The smallest absolute Gasteiger partial charge is 0.162 e. The van der Waals surface area contributed by atoms with E-state index in [1.165, 1.54) is 10.8 Å². The highest BCUT2D eigenvalue weighted by molar-refractivity contribution is 6.12. The summed E-state index contributed by atoms with van der Waals surface area (Å²) in [6.45, 7) is 0. The maximum Gasteiger partial charge on any atom is 0.162 e. The molecule has 0 saturated carbocycles. The lowest BCUT2D eigenvalue weighted by atomic mass is 10.0. The third-order valence-corrected chi connectivity index (χ3v) is 12.2. The minimum atomic E-state index is 0.681. The first-order valence-corrected chi connectivity index (χ1v) is 21.0. The Morgan fingerprint density at radius 1 is 0.349 bits per heavy atom. The number of aromatic nitrogens is 6. The highest BCUT2D eigenvalue weighted by atomic mass is 16.3. The number of nitrogens with zero attached hydrogens (tertiary/aromatic N) is 6. The summed E-state index contributed by atoms with van der Waals surface area (Å²) in [4.78, 5) is 20.0. The molecule has 0 spiro atoms. The van der Waals surface area contributed by atoms with Gasteiger partial charge in [0.05, 0.1) is 39.1 Å². The van der Waals surface area contributed by atoms with Crippen molar-refractivity contribution in [3.05, 3.63) is 207 Å². The molecule has 0 atom stereocenters. The van der Waals surface area contributed by atoms with Crippen molar-refractivity contribution in [2.24, 2.45) is 0 Å². The molecule has 63 heavy (non-hydrogen) atoms. The van der Waals surface area contributed by atoms with Crippen LogP contribution in [0.5, 0.6) is 0 Å². The van der Waals surface area contributed by atoms with Gasteiger partial charge in [0.2, 0.25) is 0 Å². The van der Waals surface area contributed by atoms with Crippen LogP contribution in [0.15, 0.2) is 211 Å². The topological polar surface area (TPSA) is 74.6 Å². The van der Waals surface area contributed by atoms with Gasteiger partial charge in [-0.2, -0.15) is 0 Å². The van der Waals surface area contributed by atoms with E-state index >= 15 is 0 Å². The zero-order valence-corrected chi connectivity index (χ0v) is 33.7. The molecule has 6 heterocycles. The molecule has 0 radical (unpaired) electrons. The van der Waals surface area contributed by atoms with E-state index in [1.807, 2.05) is 48.7 Å². The molecule has 294 valence electrons. The fourth-order valence-corrected chi connectivity index (χ4v) is 9.32. The quantitative estimate of drug-likeness (QED) is 0.167. The van der Waals surface area contributed by atoms with Crippen LogP contribution in [0.3, 0.4) is 0 Å². The molecule has 0 saturated heterocycles. The number of pyridine rings is 2. The highest BCUT2D eigenvalue weighted by Crippen LogP contribution is 2.39. The number of fused-ring (bicyclic) bond motifs is 9. The van der Waals surface area contributed by atoms with Crippen LogP contribution in [0.1, 0.15) is 0 Å². The van der Waals surface area contributed by atoms with E-state index in [0.29, 0.717) is 5.82 Å². The molecule has 0 bridgehead atoms. The van der Waals surface area contributed by atoms with Crippen LogP contribution in [0.4, 0.5) is 0 Å². The molecule has 0 aliphatic rings. The standard InChI is InChI=1S/C56H34N6O/c1-3-12-35(13-4-1)48-33-55(60-56(59-48)36-14-5-2-6-15-36)62-50-21-10-8-17-41(50)43-31-38(23-26-52(43)62)47-19-11-18-46(58-47)37-22-25-51-42(30-37)40-16-7-9-20-49(40)61(51)39-24-27-53-44(32-39)45-34-57-29-28-54(45)63-53/h1-34H. The average molecular weight is 807 g/mol. The van der Waals surface area contributed by atoms with Crippen LogP contribution in [0.2, 0.25) is 0 Å². The van der Waals surface area contributed by atoms with Gasteiger partial charge in [-0.15, -0.1) is 0 Å². The predicted octanol–water partition coefficient (Wildman–Crippen LogP) is 14.0. The first-order valence-electron chi connectivity index (χ1n) is 21.0. The molecule has 13 aromatic rings. The monoisotopic (exact) mass is 806 g/mol. The van der Waals surface area contributed by atoms with Crippen LogP contribution in [0.25, 0.3) is 122 Å². The normalized spacial score (nSPS) is 11.8. The Kier molecular flexibility index (Phi) is 7.77. The average Bonchev–Trinajstić information content (AvgIpc) is 4.01. The molecule has 0 unspecified atom stereocenters. The third-order valence-electron chi connectivity index (χ3n) is 12.2. The van der Waals surface area contributed by atoms with E-state index in [2.05, 4.69) is 166 Å². The molecule has 0 fully saturated rings. The lowest BCUT2D eigenvalue weighted by Crippen LogP contribution is -2.02. The molecule has 13 rings (SSSR count). The van der Waals surface area contributed by atoms with Crippen molar-refractivity contribution in [3.8, 4) is 56.7 Å². The zero-order valence-electron chi connectivity index (χ0n) is 33.7. The Bertz CT molecular complexity index is 3860. The molecule has 7 heteroatoms. The van der Waals surface area contributed by atoms with Gasteiger partial charge in [-0.1, -0.05) is 115 Å². The summed E-state index contributed by atoms with van der Waals surface area (Å²) >= 11 is 0. The van der Waals surface area contributed by atoms with Gasteiger partial charge in [0.15, 0.2) is 5.82 Å². The molecule has 0 amide bonds. The van der Waals surface area contributed by atoms with E-state index in [4.69, 9.17) is 19.4 Å². The van der Waals surface area contributed by atoms with Crippen molar-refractivity contribution in [1.29, 1.82) is 0 Å². The molecule has 6 aromatic heterocycles. The van der Waals surface area contributed by atoms with Crippen LogP contribution in [-0.4, -0.2) is 29.1 Å². The summed E-state index contributed by atoms with van der Waals surface area (Å²) in [6, 6.07) is 67.7. The number of para-hydroxylation sites is 2. The summed E-state index contributed by atoms with van der Waals surface area (Å²) in [7, 11) is 0. The lowest BCUT2D eigenvalue weighted by molar-refractivity contribution is 0.668. The minimum Gasteiger partial charge on any atom is -0.456 e. The highest BCUT2D eigenvalue weighted by Gasteiger charge is 2.19. The van der Waals surface area contributed by atoms with Crippen molar-refractivity contribution in [2.75, 3.05) is 0 Å². The van der Waals surface area contributed by atoms with Gasteiger partial charge in [0.25, 0.3) is 0 Å². The maximum absolute atomic E-state index is 6.14. The van der Waals surface area contributed by atoms with Gasteiger partial charge in [-0.05, 0) is 72.8 Å². The van der Waals surface area contributed by atoms with Crippen molar-refractivity contribution >= 4 is 65.6 Å².